The predicted octanol–water partition coefficient (Wildman–Crippen LogP) is 2.08. The highest BCUT2D eigenvalue weighted by Crippen LogP contribution is 2.39. The van der Waals surface area contributed by atoms with Crippen LogP contribution in [0.5, 0.6) is 0 Å². The fourth-order valence-corrected chi connectivity index (χ4v) is 1.82. The molecule has 1 saturated carbocycles. The largest absolute Gasteiger partial charge is 0.390 e. The minimum Gasteiger partial charge on any atom is -0.390 e. The van der Waals surface area contributed by atoms with Crippen LogP contribution in [0.3, 0.4) is 0 Å². The Morgan fingerprint density at radius 3 is 2.44 bits per heavy atom. The van der Waals surface area contributed by atoms with Crippen LogP contribution in [0.2, 0.25) is 0 Å². The molecule has 2 nitrogen and oxygen atoms in total. The molecule has 2 atom stereocenters. The first kappa shape index (κ1) is 11.5. The molecule has 0 amide bonds. The third-order valence-electron chi connectivity index (χ3n) is 3.04. The Kier molecular flexibility index (Phi) is 2.95. The molecule has 0 radical (unpaired) electrons. The summed E-state index contributed by atoms with van der Waals surface area (Å²) in [5.74, 6) is -1.61. The van der Waals surface area contributed by atoms with Crippen LogP contribution in [0.15, 0.2) is 12.1 Å². The van der Waals surface area contributed by atoms with Crippen LogP contribution >= 0.6 is 0 Å². The highest BCUT2D eigenvalue weighted by molar-refractivity contribution is 5.29. The Labute approximate surface area is 92.5 Å². The molecule has 0 bridgehead atoms. The average Bonchev–Trinajstić information content (AvgIpc) is 3.06. The third-order valence-corrected chi connectivity index (χ3v) is 3.04. The summed E-state index contributed by atoms with van der Waals surface area (Å²) in [6.45, 7) is 1.49. The van der Waals surface area contributed by atoms with Gasteiger partial charge in [-0.25, -0.2) is 8.78 Å². The van der Waals surface area contributed by atoms with Gasteiger partial charge in [0.15, 0.2) is 0 Å². The highest BCUT2D eigenvalue weighted by Gasteiger charge is 2.37. The fourth-order valence-electron chi connectivity index (χ4n) is 1.82. The Bertz CT molecular complexity index is 402. The first-order chi connectivity index (χ1) is 7.52. The molecule has 4 heteroatoms. The molecule has 16 heavy (non-hydrogen) atoms. The molecule has 1 aliphatic carbocycles. The third kappa shape index (κ3) is 1.95. The fraction of sp³-hybridized carbons (Fsp3) is 0.500. The van der Waals surface area contributed by atoms with Gasteiger partial charge >= 0.3 is 0 Å². The average molecular weight is 228 g/mol. The van der Waals surface area contributed by atoms with Crippen LogP contribution < -0.4 is 0 Å². The molecule has 0 spiro atoms. The molecule has 1 fully saturated rings. The lowest BCUT2D eigenvalue weighted by atomic mass is 9.98. The van der Waals surface area contributed by atoms with Crippen molar-refractivity contribution in [1.29, 1.82) is 0 Å². The van der Waals surface area contributed by atoms with Crippen LogP contribution in [-0.2, 0) is 0 Å². The smallest absolute Gasteiger partial charge is 0.134 e. The van der Waals surface area contributed by atoms with Gasteiger partial charge in [0, 0.05) is 0 Å². The molecular weight excluding hydrogens is 214 g/mol. The summed E-state index contributed by atoms with van der Waals surface area (Å²) in [6, 6.07) is 2.42. The first-order valence-corrected chi connectivity index (χ1v) is 5.33. The zero-order valence-electron chi connectivity index (χ0n) is 8.95. The van der Waals surface area contributed by atoms with E-state index in [1.54, 1.807) is 0 Å². The number of benzene rings is 1. The minimum atomic E-state index is -1.48. The van der Waals surface area contributed by atoms with E-state index in [1.807, 2.05) is 0 Å². The highest BCUT2D eigenvalue weighted by atomic mass is 19.1. The second-order valence-corrected chi connectivity index (χ2v) is 4.36. The summed E-state index contributed by atoms with van der Waals surface area (Å²) in [5.41, 5.74) is -0.155. The van der Waals surface area contributed by atoms with E-state index in [0.717, 1.165) is 18.9 Å². The van der Waals surface area contributed by atoms with Crippen LogP contribution in [0.25, 0.3) is 0 Å². The van der Waals surface area contributed by atoms with E-state index < -0.39 is 29.4 Å². The number of hydrogen-bond acceptors (Lipinski definition) is 2. The number of halogens is 2. The van der Waals surface area contributed by atoms with Crippen molar-refractivity contribution in [2.45, 2.75) is 32.0 Å². The van der Waals surface area contributed by atoms with E-state index in [9.17, 15) is 19.0 Å². The lowest BCUT2D eigenvalue weighted by Gasteiger charge is -2.19. The monoisotopic (exact) mass is 228 g/mol. The summed E-state index contributed by atoms with van der Waals surface area (Å²) in [6.07, 6.45) is -0.959. The van der Waals surface area contributed by atoms with Gasteiger partial charge in [0.05, 0.1) is 11.7 Å². The van der Waals surface area contributed by atoms with Crippen molar-refractivity contribution in [3.8, 4) is 0 Å². The van der Waals surface area contributed by atoms with E-state index in [2.05, 4.69) is 0 Å². The zero-order chi connectivity index (χ0) is 11.9. The molecule has 2 N–H and O–H groups in total. The van der Waals surface area contributed by atoms with E-state index in [-0.39, 0.29) is 11.5 Å². The Balaban J connectivity index is 2.34. The molecule has 1 aromatic rings. The second kappa shape index (κ2) is 4.11. The molecule has 0 saturated heterocycles. The van der Waals surface area contributed by atoms with Gasteiger partial charge in [-0.15, -0.1) is 0 Å². The Hall–Kier alpha value is -1.00. The lowest BCUT2D eigenvalue weighted by Crippen LogP contribution is -2.22. The standard InChI is InChI=1S/C12H14F2O2/c1-6-2-5-8(13)9(10(6)14)12(16)11(15)7-3-4-7/h2,5,7,11-12,15-16H,3-4H2,1H3. The van der Waals surface area contributed by atoms with Crippen molar-refractivity contribution in [2.75, 3.05) is 0 Å². The summed E-state index contributed by atoms with van der Waals surface area (Å²) in [5, 5.41) is 19.4. The summed E-state index contributed by atoms with van der Waals surface area (Å²) >= 11 is 0. The van der Waals surface area contributed by atoms with E-state index in [4.69, 9.17) is 0 Å². The Morgan fingerprint density at radius 1 is 1.25 bits per heavy atom. The zero-order valence-corrected chi connectivity index (χ0v) is 8.95. The molecule has 0 aromatic heterocycles. The number of aliphatic hydroxyl groups is 2. The lowest BCUT2D eigenvalue weighted by molar-refractivity contribution is 0.000772. The molecule has 1 aromatic carbocycles. The van der Waals surface area contributed by atoms with Crippen molar-refractivity contribution >= 4 is 0 Å². The second-order valence-electron chi connectivity index (χ2n) is 4.36. The van der Waals surface area contributed by atoms with Crippen LogP contribution in [0.1, 0.15) is 30.1 Å². The van der Waals surface area contributed by atoms with Crippen molar-refractivity contribution in [2.24, 2.45) is 5.92 Å². The molecule has 2 unspecified atom stereocenters. The molecular formula is C12H14F2O2. The van der Waals surface area contributed by atoms with Gasteiger partial charge in [-0.2, -0.15) is 0 Å². The van der Waals surface area contributed by atoms with Gasteiger partial charge in [-0.1, -0.05) is 6.07 Å². The summed E-state index contributed by atoms with van der Waals surface area (Å²) in [4.78, 5) is 0. The number of hydrogen-bond donors (Lipinski definition) is 2. The molecule has 1 aliphatic rings. The van der Waals surface area contributed by atoms with Crippen molar-refractivity contribution in [3.05, 3.63) is 34.9 Å². The van der Waals surface area contributed by atoms with E-state index in [1.165, 1.54) is 13.0 Å². The predicted molar refractivity (Wildman–Crippen MR) is 54.8 cm³/mol. The summed E-state index contributed by atoms with van der Waals surface area (Å²) in [7, 11) is 0. The molecule has 88 valence electrons. The van der Waals surface area contributed by atoms with Crippen LogP contribution in [0, 0.1) is 24.5 Å². The van der Waals surface area contributed by atoms with Crippen molar-refractivity contribution in [1.82, 2.24) is 0 Å². The minimum absolute atomic E-state index is 0.0330. The molecule has 2 rings (SSSR count). The SMILES string of the molecule is Cc1ccc(F)c(C(O)C(O)C2CC2)c1F. The topological polar surface area (TPSA) is 40.5 Å². The van der Waals surface area contributed by atoms with Crippen molar-refractivity contribution < 1.29 is 19.0 Å². The molecule has 0 aliphatic heterocycles. The Morgan fingerprint density at radius 2 is 1.88 bits per heavy atom. The van der Waals surface area contributed by atoms with Gasteiger partial charge in [0.25, 0.3) is 0 Å². The van der Waals surface area contributed by atoms with Crippen LogP contribution in [0.4, 0.5) is 8.78 Å². The van der Waals surface area contributed by atoms with E-state index >= 15 is 0 Å². The number of aryl methyl sites for hydroxylation is 1. The van der Waals surface area contributed by atoms with Gasteiger partial charge in [0.1, 0.15) is 17.7 Å². The maximum absolute atomic E-state index is 13.6. The van der Waals surface area contributed by atoms with Gasteiger partial charge in [0.2, 0.25) is 0 Å². The maximum atomic E-state index is 13.6. The van der Waals surface area contributed by atoms with Crippen molar-refractivity contribution in [3.63, 3.8) is 0 Å². The number of aliphatic hydroxyl groups excluding tert-OH is 2. The quantitative estimate of drug-likeness (QED) is 0.831. The maximum Gasteiger partial charge on any atom is 0.134 e. The van der Waals surface area contributed by atoms with Crippen LogP contribution in [-0.4, -0.2) is 16.3 Å². The van der Waals surface area contributed by atoms with E-state index in [0.29, 0.717) is 0 Å². The number of rotatable bonds is 3. The molecule has 0 heterocycles. The van der Waals surface area contributed by atoms with Gasteiger partial charge < -0.3 is 10.2 Å². The first-order valence-electron chi connectivity index (χ1n) is 5.33. The van der Waals surface area contributed by atoms with Gasteiger partial charge in [-0.05, 0) is 37.3 Å². The summed E-state index contributed by atoms with van der Waals surface area (Å²) < 4.78 is 27.1. The van der Waals surface area contributed by atoms with Gasteiger partial charge in [-0.3, -0.25) is 0 Å². The normalized spacial score (nSPS) is 19.6.